The Kier molecular flexibility index (Phi) is 9.85. The minimum atomic E-state index is 0.361. The Morgan fingerprint density at radius 2 is 1.50 bits per heavy atom. The number of thiol groups is 1. The molecule has 0 unspecified atom stereocenters. The smallest absolute Gasteiger partial charge is 0.0874 e. The lowest BCUT2D eigenvalue weighted by molar-refractivity contribution is 0.331. The summed E-state index contributed by atoms with van der Waals surface area (Å²) in [7, 11) is 0. The van der Waals surface area contributed by atoms with Crippen molar-refractivity contribution in [3.05, 3.63) is 0 Å². The molecular formula is C10H17N3S. The second kappa shape index (κ2) is 10.4. The number of rotatable bonds is 8. The molecule has 0 saturated heterocycles. The van der Waals surface area contributed by atoms with Gasteiger partial charge in [-0.3, -0.25) is 4.90 Å². The first-order valence-electron chi connectivity index (χ1n) is 4.92. The molecule has 0 rings (SSSR count). The van der Waals surface area contributed by atoms with Gasteiger partial charge in [-0.1, -0.05) is 12.8 Å². The van der Waals surface area contributed by atoms with Crippen molar-refractivity contribution in [1.29, 1.82) is 10.5 Å². The van der Waals surface area contributed by atoms with Gasteiger partial charge in [0.25, 0.3) is 0 Å². The molecule has 0 radical (unpaired) electrons. The van der Waals surface area contributed by atoms with Gasteiger partial charge in [0.1, 0.15) is 0 Å². The lowest BCUT2D eigenvalue weighted by atomic mass is 10.2. The molecule has 0 fully saturated rings. The summed E-state index contributed by atoms with van der Waals surface area (Å²) in [6.07, 6.45) is 4.57. The van der Waals surface area contributed by atoms with Crippen LogP contribution in [0.2, 0.25) is 0 Å². The summed E-state index contributed by atoms with van der Waals surface area (Å²) >= 11 is 4.13. The Balaban J connectivity index is 3.42. The second-order valence-corrected chi connectivity index (χ2v) is 3.61. The van der Waals surface area contributed by atoms with Crippen molar-refractivity contribution in [2.75, 3.05) is 25.4 Å². The van der Waals surface area contributed by atoms with Crippen LogP contribution in [-0.2, 0) is 0 Å². The van der Waals surface area contributed by atoms with Crippen LogP contribution >= 0.6 is 12.6 Å². The van der Waals surface area contributed by atoms with Crippen LogP contribution in [0.25, 0.3) is 0 Å². The maximum absolute atomic E-state index is 8.49. The summed E-state index contributed by atoms with van der Waals surface area (Å²) in [6.45, 7) is 1.58. The Bertz CT molecular complexity index is 188. The molecule has 0 heterocycles. The molecule has 0 saturated carbocycles. The minimum absolute atomic E-state index is 0.361. The molecule has 0 amide bonds. The van der Waals surface area contributed by atoms with Gasteiger partial charge >= 0.3 is 0 Å². The van der Waals surface area contributed by atoms with Crippen molar-refractivity contribution >= 4 is 12.6 Å². The zero-order chi connectivity index (χ0) is 10.6. The van der Waals surface area contributed by atoms with Crippen LogP contribution < -0.4 is 0 Å². The fourth-order valence-corrected chi connectivity index (χ4v) is 1.44. The summed E-state index contributed by atoms with van der Waals surface area (Å²) in [5, 5.41) is 17.0. The van der Waals surface area contributed by atoms with E-state index in [1.54, 1.807) is 0 Å². The predicted molar refractivity (Wildman–Crippen MR) is 60.0 cm³/mol. The number of hydrogen-bond donors (Lipinski definition) is 1. The first kappa shape index (κ1) is 13.3. The summed E-state index contributed by atoms with van der Waals surface area (Å²) < 4.78 is 0. The van der Waals surface area contributed by atoms with E-state index in [0.29, 0.717) is 13.1 Å². The van der Waals surface area contributed by atoms with Gasteiger partial charge in [0.05, 0.1) is 25.2 Å². The van der Waals surface area contributed by atoms with E-state index in [1.165, 1.54) is 6.42 Å². The second-order valence-electron chi connectivity index (χ2n) is 3.16. The van der Waals surface area contributed by atoms with Crippen LogP contribution in [-0.4, -0.2) is 30.3 Å². The van der Waals surface area contributed by atoms with Crippen molar-refractivity contribution in [3.8, 4) is 12.1 Å². The Morgan fingerprint density at radius 3 is 2.00 bits per heavy atom. The highest BCUT2D eigenvalue weighted by Gasteiger charge is 2.01. The molecule has 3 nitrogen and oxygen atoms in total. The summed E-state index contributed by atoms with van der Waals surface area (Å²) in [5.74, 6) is 0.945. The monoisotopic (exact) mass is 211 g/mol. The molecule has 0 aromatic rings. The molecule has 0 N–H and O–H groups in total. The molecule has 0 aliphatic heterocycles. The molecule has 0 aliphatic rings. The highest BCUT2D eigenvalue weighted by Crippen LogP contribution is 2.02. The predicted octanol–water partition coefficient (Wildman–Crippen LogP) is 1.83. The van der Waals surface area contributed by atoms with Crippen LogP contribution in [0.1, 0.15) is 25.7 Å². The van der Waals surface area contributed by atoms with Gasteiger partial charge in [0.15, 0.2) is 0 Å². The fourth-order valence-electron chi connectivity index (χ4n) is 1.21. The molecule has 0 aromatic heterocycles. The van der Waals surface area contributed by atoms with E-state index in [1.807, 2.05) is 4.90 Å². The summed E-state index contributed by atoms with van der Waals surface area (Å²) in [6, 6.07) is 4.13. The summed E-state index contributed by atoms with van der Waals surface area (Å²) in [4.78, 5) is 1.88. The molecule has 0 aliphatic carbocycles. The van der Waals surface area contributed by atoms with Crippen molar-refractivity contribution < 1.29 is 0 Å². The maximum Gasteiger partial charge on any atom is 0.0874 e. The van der Waals surface area contributed by atoms with Gasteiger partial charge in [0, 0.05) is 6.54 Å². The Hall–Kier alpha value is -0.710. The van der Waals surface area contributed by atoms with Gasteiger partial charge in [-0.05, 0) is 18.6 Å². The number of nitrogens with zero attached hydrogens (tertiary/aromatic N) is 3. The van der Waals surface area contributed by atoms with Gasteiger partial charge in [0.2, 0.25) is 0 Å². The zero-order valence-corrected chi connectivity index (χ0v) is 9.34. The average molecular weight is 211 g/mol. The largest absolute Gasteiger partial charge is 0.277 e. The van der Waals surface area contributed by atoms with E-state index in [-0.39, 0.29) is 0 Å². The van der Waals surface area contributed by atoms with Crippen molar-refractivity contribution in [2.24, 2.45) is 0 Å². The Labute approximate surface area is 91.7 Å². The number of hydrogen-bond acceptors (Lipinski definition) is 4. The third kappa shape index (κ3) is 7.91. The van der Waals surface area contributed by atoms with Crippen LogP contribution in [0.4, 0.5) is 0 Å². The van der Waals surface area contributed by atoms with E-state index < -0.39 is 0 Å². The number of nitriles is 2. The highest BCUT2D eigenvalue weighted by atomic mass is 32.1. The van der Waals surface area contributed by atoms with E-state index >= 15 is 0 Å². The lowest BCUT2D eigenvalue weighted by Gasteiger charge is -2.14. The van der Waals surface area contributed by atoms with Crippen LogP contribution in [0, 0.1) is 22.7 Å². The minimum Gasteiger partial charge on any atom is -0.277 e. The van der Waals surface area contributed by atoms with Gasteiger partial charge in [-0.2, -0.15) is 23.2 Å². The topological polar surface area (TPSA) is 50.8 Å². The highest BCUT2D eigenvalue weighted by molar-refractivity contribution is 7.80. The SMILES string of the molecule is N#CCN(CC#N)CCCCCCS. The average Bonchev–Trinajstić information content (AvgIpc) is 2.18. The van der Waals surface area contributed by atoms with Crippen molar-refractivity contribution in [1.82, 2.24) is 4.90 Å². The van der Waals surface area contributed by atoms with E-state index in [0.717, 1.165) is 31.6 Å². The fraction of sp³-hybridized carbons (Fsp3) is 0.800. The van der Waals surface area contributed by atoms with Crippen LogP contribution in [0.15, 0.2) is 0 Å². The third-order valence-electron chi connectivity index (χ3n) is 1.97. The maximum atomic E-state index is 8.49. The standard InChI is InChI=1S/C10H17N3S/c11-5-8-13(9-6-12)7-3-1-2-4-10-14/h14H,1-4,7-10H2. The number of unbranched alkanes of at least 4 members (excludes halogenated alkanes) is 3. The van der Waals surface area contributed by atoms with E-state index in [2.05, 4.69) is 24.8 Å². The molecule has 0 aromatic carbocycles. The quantitative estimate of drug-likeness (QED) is 0.378. The molecule has 0 atom stereocenters. The molecule has 78 valence electrons. The zero-order valence-electron chi connectivity index (χ0n) is 8.45. The first-order valence-corrected chi connectivity index (χ1v) is 5.55. The van der Waals surface area contributed by atoms with Crippen molar-refractivity contribution in [3.63, 3.8) is 0 Å². The van der Waals surface area contributed by atoms with Crippen LogP contribution in [0.5, 0.6) is 0 Å². The first-order chi connectivity index (χ1) is 6.85. The third-order valence-corrected chi connectivity index (χ3v) is 2.29. The summed E-state index contributed by atoms with van der Waals surface area (Å²) in [5.41, 5.74) is 0. The molecule has 14 heavy (non-hydrogen) atoms. The van der Waals surface area contributed by atoms with Gasteiger partial charge in [-0.25, -0.2) is 0 Å². The van der Waals surface area contributed by atoms with Crippen LogP contribution in [0.3, 0.4) is 0 Å². The molecule has 0 bridgehead atoms. The van der Waals surface area contributed by atoms with E-state index in [9.17, 15) is 0 Å². The Morgan fingerprint density at radius 1 is 0.929 bits per heavy atom. The van der Waals surface area contributed by atoms with Gasteiger partial charge in [-0.15, -0.1) is 0 Å². The normalized spacial score (nSPS) is 9.71. The lowest BCUT2D eigenvalue weighted by Crippen LogP contribution is -2.25. The molecule has 0 spiro atoms. The van der Waals surface area contributed by atoms with Crippen molar-refractivity contribution in [2.45, 2.75) is 25.7 Å². The van der Waals surface area contributed by atoms with E-state index in [4.69, 9.17) is 10.5 Å². The van der Waals surface area contributed by atoms with Gasteiger partial charge < -0.3 is 0 Å². The molecular weight excluding hydrogens is 194 g/mol. The molecule has 4 heteroatoms.